The fourth-order valence-electron chi connectivity index (χ4n) is 5.10. The van der Waals surface area contributed by atoms with E-state index in [1.807, 2.05) is 40.7 Å². The number of hydrogen-bond acceptors (Lipinski definition) is 7. The average molecular weight is 526 g/mol. The van der Waals surface area contributed by atoms with Gasteiger partial charge in [-0.1, -0.05) is 59.6 Å². The van der Waals surface area contributed by atoms with Crippen LogP contribution in [-0.4, -0.2) is 30.1 Å². The van der Waals surface area contributed by atoms with Crippen LogP contribution >= 0.6 is 0 Å². The third-order valence-electron chi connectivity index (χ3n) is 6.51. The van der Waals surface area contributed by atoms with Crippen LogP contribution in [0.25, 0.3) is 0 Å². The second kappa shape index (κ2) is 10.9. The van der Waals surface area contributed by atoms with Gasteiger partial charge >= 0.3 is 5.97 Å². The summed E-state index contributed by atoms with van der Waals surface area (Å²) in [5, 5.41) is 19.9. The van der Waals surface area contributed by atoms with Crippen molar-refractivity contribution in [3.63, 3.8) is 0 Å². The van der Waals surface area contributed by atoms with Crippen molar-refractivity contribution in [1.29, 1.82) is 5.26 Å². The SMILES string of the molecule is CCCC1(CCC)CC(O)=C([C@@H](c2cccc(NS(=O)(=O)c3ccc(C#N)cn3)c2)C(C)(C)C)C(=O)O1. The number of pyridine rings is 1. The van der Waals surface area contributed by atoms with Gasteiger partial charge in [0, 0.05) is 24.2 Å². The number of hydrogen-bond donors (Lipinski definition) is 2. The normalized spacial score (nSPS) is 16.6. The molecule has 1 aromatic heterocycles. The van der Waals surface area contributed by atoms with Crippen molar-refractivity contribution in [3.8, 4) is 6.07 Å². The Balaban J connectivity index is 2.00. The molecule has 3 rings (SSSR count). The molecule has 0 amide bonds. The largest absolute Gasteiger partial charge is 0.512 e. The van der Waals surface area contributed by atoms with Crippen LogP contribution in [0.3, 0.4) is 0 Å². The number of aliphatic hydroxyl groups is 1. The summed E-state index contributed by atoms with van der Waals surface area (Å²) in [6.45, 7) is 9.94. The van der Waals surface area contributed by atoms with Gasteiger partial charge in [0.05, 0.1) is 11.1 Å². The van der Waals surface area contributed by atoms with Crippen molar-refractivity contribution in [2.75, 3.05) is 4.72 Å². The lowest BCUT2D eigenvalue weighted by atomic mass is 9.70. The predicted octanol–water partition coefficient (Wildman–Crippen LogP) is 5.98. The summed E-state index contributed by atoms with van der Waals surface area (Å²) in [6, 6.07) is 11.3. The van der Waals surface area contributed by atoms with Crippen molar-refractivity contribution in [1.82, 2.24) is 4.98 Å². The number of cyclic esters (lactones) is 1. The van der Waals surface area contributed by atoms with E-state index in [0.29, 0.717) is 18.4 Å². The first-order valence-electron chi connectivity index (χ1n) is 12.5. The van der Waals surface area contributed by atoms with E-state index >= 15 is 0 Å². The zero-order chi connectivity index (χ0) is 27.4. The van der Waals surface area contributed by atoms with Crippen LogP contribution in [0.5, 0.6) is 0 Å². The Morgan fingerprint density at radius 2 is 1.86 bits per heavy atom. The third-order valence-corrected chi connectivity index (χ3v) is 7.81. The molecular formula is C28H35N3O5S. The van der Waals surface area contributed by atoms with Gasteiger partial charge in [0.1, 0.15) is 17.4 Å². The first kappa shape index (κ1) is 28.2. The first-order chi connectivity index (χ1) is 17.4. The summed E-state index contributed by atoms with van der Waals surface area (Å²) in [7, 11) is -4.01. The maximum atomic E-state index is 13.4. The zero-order valence-electron chi connectivity index (χ0n) is 22.0. The minimum atomic E-state index is -4.01. The van der Waals surface area contributed by atoms with Crippen molar-refractivity contribution >= 4 is 21.7 Å². The van der Waals surface area contributed by atoms with Gasteiger partial charge in [0.15, 0.2) is 5.03 Å². The van der Waals surface area contributed by atoms with Crippen LogP contribution in [0.1, 0.15) is 83.8 Å². The lowest BCUT2D eigenvalue weighted by molar-refractivity contribution is -0.161. The number of anilines is 1. The molecule has 0 unspecified atom stereocenters. The molecule has 0 bridgehead atoms. The Labute approximate surface area is 219 Å². The minimum absolute atomic E-state index is 0.0332. The molecule has 1 aliphatic heterocycles. The number of rotatable bonds is 9. The number of esters is 1. The van der Waals surface area contributed by atoms with Gasteiger partial charge in [-0.3, -0.25) is 4.72 Å². The molecule has 198 valence electrons. The van der Waals surface area contributed by atoms with E-state index in [4.69, 9.17) is 10.00 Å². The fourth-order valence-corrected chi connectivity index (χ4v) is 6.08. The van der Waals surface area contributed by atoms with Crippen LogP contribution < -0.4 is 4.72 Å². The van der Waals surface area contributed by atoms with Crippen molar-refractivity contribution in [2.45, 2.75) is 83.3 Å². The smallest absolute Gasteiger partial charge is 0.338 e. The number of aliphatic hydroxyl groups excluding tert-OH is 1. The van der Waals surface area contributed by atoms with Gasteiger partial charge in [-0.15, -0.1) is 0 Å². The predicted molar refractivity (Wildman–Crippen MR) is 141 cm³/mol. The lowest BCUT2D eigenvalue weighted by Crippen LogP contribution is -2.42. The topological polar surface area (TPSA) is 129 Å². The van der Waals surface area contributed by atoms with E-state index in [1.165, 1.54) is 18.3 Å². The molecule has 0 fully saturated rings. The highest BCUT2D eigenvalue weighted by Gasteiger charge is 2.45. The molecule has 0 spiro atoms. The minimum Gasteiger partial charge on any atom is -0.512 e. The number of nitriles is 1. The number of nitrogens with one attached hydrogen (secondary N) is 1. The third kappa shape index (κ3) is 6.31. The molecule has 2 aromatic rings. The lowest BCUT2D eigenvalue weighted by Gasteiger charge is -2.41. The molecule has 0 radical (unpaired) electrons. The van der Waals surface area contributed by atoms with E-state index in [1.54, 1.807) is 24.3 Å². The van der Waals surface area contributed by atoms with Gasteiger partial charge < -0.3 is 9.84 Å². The molecule has 37 heavy (non-hydrogen) atoms. The van der Waals surface area contributed by atoms with Crippen LogP contribution in [-0.2, 0) is 19.6 Å². The average Bonchev–Trinajstić information content (AvgIpc) is 2.81. The molecule has 0 saturated heterocycles. The summed E-state index contributed by atoms with van der Waals surface area (Å²) >= 11 is 0. The van der Waals surface area contributed by atoms with Gasteiger partial charge in [-0.25, -0.2) is 9.78 Å². The standard InChI is InChI=1S/C28H35N3O5S/c1-6-13-28(14-7-2)16-22(32)24(26(33)36-28)25(27(3,4)5)20-9-8-10-21(15-20)31-37(34,35)23-12-11-19(17-29)18-30-23/h8-12,15,18,25,31-32H,6-7,13-14,16H2,1-5H3/t25-/m1/s1. The molecule has 8 nitrogen and oxygen atoms in total. The van der Waals surface area contributed by atoms with E-state index in [2.05, 4.69) is 9.71 Å². The Morgan fingerprint density at radius 3 is 2.38 bits per heavy atom. The second-order valence-electron chi connectivity index (χ2n) is 10.6. The van der Waals surface area contributed by atoms with Crippen molar-refractivity contribution < 1.29 is 23.1 Å². The zero-order valence-corrected chi connectivity index (χ0v) is 22.9. The van der Waals surface area contributed by atoms with E-state index in [-0.39, 0.29) is 34.0 Å². The van der Waals surface area contributed by atoms with Crippen LogP contribution in [0, 0.1) is 16.7 Å². The molecule has 2 heterocycles. The maximum Gasteiger partial charge on any atom is 0.338 e. The summed E-state index contributed by atoms with van der Waals surface area (Å²) < 4.78 is 34.3. The molecule has 1 aromatic carbocycles. The molecular weight excluding hydrogens is 490 g/mol. The summed E-state index contributed by atoms with van der Waals surface area (Å²) in [5.74, 6) is -1.04. The van der Waals surface area contributed by atoms with Gasteiger partial charge in [-0.2, -0.15) is 13.7 Å². The fraction of sp³-hybridized carbons (Fsp3) is 0.464. The number of carbonyl (C=O) groups excluding carboxylic acids is 1. The van der Waals surface area contributed by atoms with E-state index in [9.17, 15) is 18.3 Å². The number of carbonyl (C=O) groups is 1. The van der Waals surface area contributed by atoms with Gasteiger partial charge in [0.25, 0.3) is 10.0 Å². The second-order valence-corrected chi connectivity index (χ2v) is 12.3. The molecule has 2 N–H and O–H groups in total. The van der Waals surface area contributed by atoms with Crippen molar-refractivity contribution in [3.05, 3.63) is 65.1 Å². The highest BCUT2D eigenvalue weighted by Crippen LogP contribution is 2.47. The Kier molecular flexibility index (Phi) is 8.33. The van der Waals surface area contributed by atoms with E-state index in [0.717, 1.165) is 12.8 Å². The molecule has 1 aliphatic rings. The molecule has 0 aliphatic carbocycles. The highest BCUT2D eigenvalue weighted by molar-refractivity contribution is 7.92. The first-order valence-corrected chi connectivity index (χ1v) is 14.0. The Hall–Kier alpha value is -3.38. The van der Waals surface area contributed by atoms with Crippen molar-refractivity contribution in [2.24, 2.45) is 5.41 Å². The van der Waals surface area contributed by atoms with Gasteiger partial charge in [-0.05, 0) is 48.1 Å². The van der Waals surface area contributed by atoms with Crippen LogP contribution in [0.4, 0.5) is 5.69 Å². The number of aromatic nitrogens is 1. The summed E-state index contributed by atoms with van der Waals surface area (Å²) in [5.41, 5.74) is 0.213. The number of ether oxygens (including phenoxy) is 1. The number of sulfonamides is 1. The molecule has 1 atom stereocenters. The molecule has 0 saturated carbocycles. The summed E-state index contributed by atoms with van der Waals surface area (Å²) in [4.78, 5) is 17.3. The van der Waals surface area contributed by atoms with Gasteiger partial charge in [0.2, 0.25) is 0 Å². The monoisotopic (exact) mass is 525 g/mol. The van der Waals surface area contributed by atoms with Crippen LogP contribution in [0.2, 0.25) is 0 Å². The molecule has 9 heteroatoms. The summed E-state index contributed by atoms with van der Waals surface area (Å²) in [6.07, 6.45) is 4.46. The maximum absolute atomic E-state index is 13.4. The number of benzene rings is 1. The van der Waals surface area contributed by atoms with Crippen LogP contribution in [0.15, 0.2) is 59.0 Å². The van der Waals surface area contributed by atoms with E-state index < -0.39 is 32.9 Å². The quantitative estimate of drug-likeness (QED) is 0.385. The Morgan fingerprint density at radius 1 is 1.19 bits per heavy atom. The number of nitrogens with zero attached hydrogens (tertiary/aromatic N) is 2. The Bertz CT molecular complexity index is 1310. The highest BCUT2D eigenvalue weighted by atomic mass is 32.2.